The predicted octanol–water partition coefficient (Wildman–Crippen LogP) is 0.729. The highest BCUT2D eigenvalue weighted by molar-refractivity contribution is 7.89. The topological polar surface area (TPSA) is 65.1 Å². The van der Waals surface area contributed by atoms with Crippen LogP contribution in [0.1, 0.15) is 0 Å². The first-order valence-electron chi connectivity index (χ1n) is 6.84. The Labute approximate surface area is 124 Å². The van der Waals surface area contributed by atoms with E-state index in [1.54, 1.807) is 38.5 Å². The molecule has 0 amide bonds. The third-order valence-corrected chi connectivity index (χ3v) is 6.17. The monoisotopic (exact) mass is 313 g/mol. The molecule has 0 N–H and O–H groups in total. The second-order valence-electron chi connectivity index (χ2n) is 5.29. The van der Waals surface area contributed by atoms with Gasteiger partial charge in [-0.2, -0.15) is 4.31 Å². The zero-order valence-electron chi connectivity index (χ0n) is 12.1. The molecule has 21 heavy (non-hydrogen) atoms. The van der Waals surface area contributed by atoms with Gasteiger partial charge in [0.05, 0.1) is 37.4 Å². The maximum Gasteiger partial charge on any atom is 0.243 e. The summed E-state index contributed by atoms with van der Waals surface area (Å²) in [7, 11) is -0.379. The van der Waals surface area contributed by atoms with Crippen LogP contribution < -0.4 is 4.74 Å². The Morgan fingerprint density at radius 1 is 1.19 bits per heavy atom. The van der Waals surface area contributed by atoms with Crippen LogP contribution in [0.5, 0.6) is 5.75 Å². The van der Waals surface area contributed by atoms with Crippen molar-refractivity contribution in [3.05, 3.63) is 24.3 Å². The zero-order valence-corrected chi connectivity index (χ0v) is 12.9. The highest BCUT2D eigenvalue weighted by atomic mass is 32.2. The number of ether oxygens (including phenoxy) is 3. The zero-order chi connectivity index (χ0) is 15.0. The lowest BCUT2D eigenvalue weighted by Gasteiger charge is -2.22. The lowest BCUT2D eigenvalue weighted by Crippen LogP contribution is -2.38. The van der Waals surface area contributed by atoms with Gasteiger partial charge >= 0.3 is 0 Å². The number of rotatable bonds is 4. The van der Waals surface area contributed by atoms with E-state index in [1.807, 2.05) is 0 Å². The van der Waals surface area contributed by atoms with Crippen molar-refractivity contribution in [2.24, 2.45) is 5.92 Å². The molecular formula is C14H19NO5S. The van der Waals surface area contributed by atoms with Gasteiger partial charge < -0.3 is 14.2 Å². The summed E-state index contributed by atoms with van der Waals surface area (Å²) >= 11 is 0. The molecule has 0 aromatic heterocycles. The molecule has 2 fully saturated rings. The lowest BCUT2D eigenvalue weighted by atomic mass is 10.0. The van der Waals surface area contributed by atoms with Crippen LogP contribution in [-0.2, 0) is 19.5 Å². The van der Waals surface area contributed by atoms with Gasteiger partial charge in [0.1, 0.15) is 5.75 Å². The van der Waals surface area contributed by atoms with Crippen molar-refractivity contribution < 1.29 is 22.6 Å². The molecule has 6 nitrogen and oxygen atoms in total. The minimum Gasteiger partial charge on any atom is -0.497 e. The molecule has 0 spiro atoms. The number of methoxy groups -OCH3 is 2. The van der Waals surface area contributed by atoms with Gasteiger partial charge in [0.25, 0.3) is 0 Å². The molecule has 0 unspecified atom stereocenters. The first-order valence-corrected chi connectivity index (χ1v) is 8.28. The van der Waals surface area contributed by atoms with E-state index in [0.717, 1.165) is 0 Å². The van der Waals surface area contributed by atoms with Gasteiger partial charge in [0.2, 0.25) is 10.0 Å². The molecule has 2 aliphatic rings. The van der Waals surface area contributed by atoms with Crippen LogP contribution in [0.25, 0.3) is 0 Å². The first kappa shape index (κ1) is 14.8. The molecule has 116 valence electrons. The minimum absolute atomic E-state index is 0.106. The Morgan fingerprint density at radius 2 is 1.90 bits per heavy atom. The summed E-state index contributed by atoms with van der Waals surface area (Å²) in [6, 6.07) is 6.30. The summed E-state index contributed by atoms with van der Waals surface area (Å²) in [6.45, 7) is 1.36. The van der Waals surface area contributed by atoms with E-state index in [2.05, 4.69) is 0 Å². The van der Waals surface area contributed by atoms with Crippen molar-refractivity contribution in [3.63, 3.8) is 0 Å². The highest BCUT2D eigenvalue weighted by Crippen LogP contribution is 2.35. The van der Waals surface area contributed by atoms with Gasteiger partial charge in [-0.15, -0.1) is 0 Å². The first-order chi connectivity index (χ1) is 10.1. The van der Waals surface area contributed by atoms with Crippen LogP contribution in [0.15, 0.2) is 29.2 Å². The number of benzene rings is 1. The second-order valence-corrected chi connectivity index (χ2v) is 7.18. The largest absolute Gasteiger partial charge is 0.497 e. The summed E-state index contributed by atoms with van der Waals surface area (Å²) in [5.41, 5.74) is 0. The molecule has 1 aromatic rings. The smallest absolute Gasteiger partial charge is 0.243 e. The van der Waals surface area contributed by atoms with E-state index in [1.165, 1.54) is 4.31 Å². The Hall–Kier alpha value is -1.15. The summed E-state index contributed by atoms with van der Waals surface area (Å²) in [4.78, 5) is 0.269. The number of sulfonamides is 1. The number of fused-ring (bicyclic) bond motifs is 1. The Kier molecular flexibility index (Phi) is 3.92. The van der Waals surface area contributed by atoms with Gasteiger partial charge in [-0.3, -0.25) is 0 Å². The van der Waals surface area contributed by atoms with E-state index < -0.39 is 10.0 Å². The van der Waals surface area contributed by atoms with Crippen molar-refractivity contribution in [1.82, 2.24) is 4.31 Å². The molecule has 7 heteroatoms. The Morgan fingerprint density at radius 3 is 2.52 bits per heavy atom. The Bertz CT molecular complexity index is 600. The third-order valence-electron chi connectivity index (χ3n) is 4.27. The fraction of sp³-hybridized carbons (Fsp3) is 0.571. The molecule has 3 rings (SSSR count). The van der Waals surface area contributed by atoms with Crippen LogP contribution in [-0.4, -0.2) is 58.8 Å². The van der Waals surface area contributed by atoms with E-state index in [9.17, 15) is 8.42 Å². The van der Waals surface area contributed by atoms with Crippen molar-refractivity contribution in [2.75, 3.05) is 34.0 Å². The Balaban J connectivity index is 1.90. The predicted molar refractivity (Wildman–Crippen MR) is 75.8 cm³/mol. The number of hydrogen-bond donors (Lipinski definition) is 0. The summed E-state index contributed by atoms with van der Waals surface area (Å²) in [5, 5.41) is 0. The standard InChI is InChI=1S/C14H19NO5S/c1-18-10-3-5-11(6-4-10)21(16,17)15-7-14(19-2)12-8-20-9-13(12)15/h3-6,12-14H,7-9H2,1-2H3/t12-,13+,14+/m1/s1. The van der Waals surface area contributed by atoms with Crippen LogP contribution in [0.3, 0.4) is 0 Å². The molecule has 0 radical (unpaired) electrons. The van der Waals surface area contributed by atoms with Gasteiger partial charge in [0, 0.05) is 19.6 Å². The molecule has 2 saturated heterocycles. The summed E-state index contributed by atoms with van der Waals surface area (Å²) < 4.78 is 43.1. The fourth-order valence-corrected chi connectivity index (χ4v) is 4.74. The number of nitrogens with zero attached hydrogens (tertiary/aromatic N) is 1. The van der Waals surface area contributed by atoms with Crippen LogP contribution in [0.4, 0.5) is 0 Å². The molecule has 3 atom stereocenters. The molecule has 2 heterocycles. The molecule has 2 aliphatic heterocycles. The third kappa shape index (κ3) is 2.44. The summed E-state index contributed by atoms with van der Waals surface area (Å²) in [6.07, 6.45) is -0.106. The van der Waals surface area contributed by atoms with E-state index >= 15 is 0 Å². The molecule has 1 aromatic carbocycles. The SMILES string of the molecule is COc1ccc(S(=O)(=O)N2C[C@H](OC)[C@@H]3COC[C@@H]32)cc1. The summed E-state index contributed by atoms with van der Waals surface area (Å²) in [5.74, 6) is 0.746. The normalized spacial score (nSPS) is 29.5. The van der Waals surface area contributed by atoms with Crippen LogP contribution in [0.2, 0.25) is 0 Å². The van der Waals surface area contributed by atoms with Crippen molar-refractivity contribution in [2.45, 2.75) is 17.0 Å². The van der Waals surface area contributed by atoms with Crippen LogP contribution >= 0.6 is 0 Å². The van der Waals surface area contributed by atoms with Gasteiger partial charge in [-0.05, 0) is 24.3 Å². The maximum absolute atomic E-state index is 12.8. The maximum atomic E-state index is 12.8. The average Bonchev–Trinajstić information content (AvgIpc) is 3.09. The average molecular weight is 313 g/mol. The second kappa shape index (κ2) is 5.57. The molecule has 0 saturated carbocycles. The van der Waals surface area contributed by atoms with Gasteiger partial charge in [0.15, 0.2) is 0 Å². The van der Waals surface area contributed by atoms with Crippen molar-refractivity contribution >= 4 is 10.0 Å². The van der Waals surface area contributed by atoms with Gasteiger partial charge in [-0.1, -0.05) is 0 Å². The van der Waals surface area contributed by atoms with E-state index in [-0.39, 0.29) is 23.0 Å². The molecular weight excluding hydrogens is 294 g/mol. The van der Waals surface area contributed by atoms with Gasteiger partial charge in [-0.25, -0.2) is 8.42 Å². The van der Waals surface area contributed by atoms with E-state index in [4.69, 9.17) is 14.2 Å². The molecule has 0 bridgehead atoms. The minimum atomic E-state index is -3.54. The van der Waals surface area contributed by atoms with Crippen molar-refractivity contribution in [1.29, 1.82) is 0 Å². The lowest BCUT2D eigenvalue weighted by molar-refractivity contribution is 0.0599. The van der Waals surface area contributed by atoms with Crippen molar-refractivity contribution in [3.8, 4) is 5.75 Å². The number of hydrogen-bond acceptors (Lipinski definition) is 5. The van der Waals surface area contributed by atoms with E-state index in [0.29, 0.717) is 25.5 Å². The molecule has 0 aliphatic carbocycles. The van der Waals surface area contributed by atoms with Crippen LogP contribution in [0, 0.1) is 5.92 Å². The quantitative estimate of drug-likeness (QED) is 0.820. The highest BCUT2D eigenvalue weighted by Gasteiger charge is 2.50. The fourth-order valence-electron chi connectivity index (χ4n) is 3.07.